The Morgan fingerprint density at radius 3 is 2.28 bits per heavy atom. The molecule has 188 valence electrons. The topological polar surface area (TPSA) is 90.0 Å². The van der Waals surface area contributed by atoms with Gasteiger partial charge in [-0.05, 0) is 61.2 Å². The van der Waals surface area contributed by atoms with E-state index in [0.29, 0.717) is 38.0 Å². The van der Waals surface area contributed by atoms with E-state index in [0.717, 1.165) is 21.6 Å². The molecule has 5 rings (SSSR count). The maximum absolute atomic E-state index is 13.4. The van der Waals surface area contributed by atoms with E-state index in [1.165, 1.54) is 6.07 Å². The number of imide groups is 2. The van der Waals surface area contributed by atoms with Crippen molar-refractivity contribution in [2.24, 2.45) is 0 Å². The molecule has 11 heteroatoms. The van der Waals surface area contributed by atoms with Gasteiger partial charge in [0.05, 0.1) is 23.2 Å². The number of halogens is 3. The molecule has 2 fully saturated rings. The van der Waals surface area contributed by atoms with Gasteiger partial charge in [0.1, 0.15) is 0 Å². The number of likely N-dealkylation sites (tertiary alicyclic amines) is 1. The van der Waals surface area contributed by atoms with Crippen molar-refractivity contribution in [3.63, 3.8) is 0 Å². The van der Waals surface area contributed by atoms with Crippen molar-refractivity contribution in [3.8, 4) is 0 Å². The predicted molar refractivity (Wildman–Crippen MR) is 120 cm³/mol. The second kappa shape index (κ2) is 9.05. The first-order valence-electron chi connectivity index (χ1n) is 11.6. The molecule has 0 atom stereocenters. The molecule has 2 saturated heterocycles. The van der Waals surface area contributed by atoms with Crippen molar-refractivity contribution in [3.05, 3.63) is 70.3 Å². The van der Waals surface area contributed by atoms with Crippen LogP contribution in [0.1, 0.15) is 62.6 Å². The Kier molecular flexibility index (Phi) is 6.03. The van der Waals surface area contributed by atoms with E-state index in [-0.39, 0.29) is 30.0 Å². The van der Waals surface area contributed by atoms with Crippen LogP contribution in [0.3, 0.4) is 0 Å². The second-order valence-corrected chi connectivity index (χ2v) is 9.16. The molecule has 5 amide bonds. The van der Waals surface area contributed by atoms with E-state index in [1.807, 2.05) is 0 Å². The molecule has 0 bridgehead atoms. The van der Waals surface area contributed by atoms with Crippen molar-refractivity contribution in [2.45, 2.75) is 37.9 Å². The molecule has 3 aliphatic heterocycles. The SMILES string of the molecule is O=C1CCN(N2C(=O)c3ccc(CN4CCC(c5ccccc5C(F)(F)F)CC4)cc3C2=O)C(=O)N1. The summed E-state index contributed by atoms with van der Waals surface area (Å²) in [5, 5.41) is 3.80. The zero-order valence-electron chi connectivity index (χ0n) is 19.2. The Labute approximate surface area is 204 Å². The molecule has 2 aromatic rings. The van der Waals surface area contributed by atoms with E-state index < -0.39 is 35.5 Å². The Balaban J connectivity index is 1.26. The molecule has 0 aliphatic carbocycles. The lowest BCUT2D eigenvalue weighted by atomic mass is 9.86. The van der Waals surface area contributed by atoms with Gasteiger partial charge < -0.3 is 0 Å². The Hall–Kier alpha value is -3.73. The summed E-state index contributed by atoms with van der Waals surface area (Å²) in [6.07, 6.45) is -3.26. The van der Waals surface area contributed by atoms with E-state index in [1.54, 1.807) is 30.3 Å². The van der Waals surface area contributed by atoms with Gasteiger partial charge in [0.2, 0.25) is 5.91 Å². The van der Waals surface area contributed by atoms with Crippen LogP contribution in [-0.4, -0.2) is 58.3 Å². The summed E-state index contributed by atoms with van der Waals surface area (Å²) in [6, 6.07) is 9.79. The monoisotopic (exact) mass is 500 g/mol. The number of rotatable bonds is 4. The lowest BCUT2D eigenvalue weighted by molar-refractivity contribution is -0.138. The zero-order valence-corrected chi connectivity index (χ0v) is 19.2. The van der Waals surface area contributed by atoms with E-state index >= 15 is 0 Å². The number of nitrogens with zero attached hydrogens (tertiary/aromatic N) is 3. The number of urea groups is 1. The number of hydrogen-bond acceptors (Lipinski definition) is 5. The molecular formula is C25H23F3N4O4. The highest BCUT2D eigenvalue weighted by atomic mass is 19.4. The quantitative estimate of drug-likeness (QED) is 0.649. The second-order valence-electron chi connectivity index (χ2n) is 9.16. The molecule has 0 unspecified atom stereocenters. The normalized spacial score (nSPS) is 19.6. The highest BCUT2D eigenvalue weighted by molar-refractivity contribution is 6.22. The third-order valence-electron chi connectivity index (χ3n) is 6.90. The molecule has 1 N–H and O–H groups in total. The van der Waals surface area contributed by atoms with Crippen LogP contribution in [0.4, 0.5) is 18.0 Å². The molecule has 36 heavy (non-hydrogen) atoms. The maximum atomic E-state index is 13.4. The number of nitrogens with one attached hydrogen (secondary N) is 1. The van der Waals surface area contributed by atoms with E-state index in [4.69, 9.17) is 0 Å². The van der Waals surface area contributed by atoms with Crippen molar-refractivity contribution < 1.29 is 32.3 Å². The number of carbonyl (C=O) groups is 4. The average molecular weight is 500 g/mol. The first kappa shape index (κ1) is 24.0. The summed E-state index contributed by atoms with van der Waals surface area (Å²) in [7, 11) is 0. The first-order valence-corrected chi connectivity index (χ1v) is 11.6. The number of benzene rings is 2. The summed E-state index contributed by atoms with van der Waals surface area (Å²) < 4.78 is 40.2. The number of hydrazine groups is 1. The van der Waals surface area contributed by atoms with E-state index in [9.17, 15) is 32.3 Å². The maximum Gasteiger partial charge on any atom is 0.416 e. The number of fused-ring (bicyclic) bond motifs is 1. The van der Waals surface area contributed by atoms with Gasteiger partial charge in [0, 0.05) is 13.0 Å². The Morgan fingerprint density at radius 2 is 1.58 bits per heavy atom. The fourth-order valence-electron chi connectivity index (χ4n) is 5.11. The molecule has 0 radical (unpaired) electrons. The number of carbonyl (C=O) groups excluding carboxylic acids is 4. The summed E-state index contributed by atoms with van der Waals surface area (Å²) in [5.41, 5.74) is 0.882. The highest BCUT2D eigenvalue weighted by Gasteiger charge is 2.43. The Morgan fingerprint density at radius 1 is 0.889 bits per heavy atom. The minimum atomic E-state index is -4.39. The fraction of sp³-hybridized carbons (Fsp3) is 0.360. The van der Waals surface area contributed by atoms with Gasteiger partial charge in [-0.15, -0.1) is 0 Å². The van der Waals surface area contributed by atoms with Crippen molar-refractivity contribution >= 4 is 23.8 Å². The predicted octanol–water partition coefficient (Wildman–Crippen LogP) is 3.54. The lowest BCUT2D eigenvalue weighted by Crippen LogP contribution is -2.58. The number of amides is 5. The van der Waals surface area contributed by atoms with Gasteiger partial charge in [-0.25, -0.2) is 9.80 Å². The fourth-order valence-corrected chi connectivity index (χ4v) is 5.11. The average Bonchev–Trinajstić information content (AvgIpc) is 3.09. The van der Waals surface area contributed by atoms with Gasteiger partial charge in [-0.1, -0.05) is 24.3 Å². The van der Waals surface area contributed by atoms with Crippen molar-refractivity contribution in [1.82, 2.24) is 20.2 Å². The summed E-state index contributed by atoms with van der Waals surface area (Å²) >= 11 is 0. The molecule has 0 spiro atoms. The zero-order chi connectivity index (χ0) is 25.6. The van der Waals surface area contributed by atoms with Crippen LogP contribution in [0.2, 0.25) is 0 Å². The van der Waals surface area contributed by atoms with Crippen molar-refractivity contribution in [1.29, 1.82) is 0 Å². The molecule has 0 aromatic heterocycles. The van der Waals surface area contributed by atoms with E-state index in [2.05, 4.69) is 10.2 Å². The number of hydrogen-bond donors (Lipinski definition) is 1. The lowest BCUT2D eigenvalue weighted by Gasteiger charge is -2.33. The summed E-state index contributed by atoms with van der Waals surface area (Å²) in [4.78, 5) is 51.5. The van der Waals surface area contributed by atoms with Gasteiger partial charge in [0.15, 0.2) is 0 Å². The van der Waals surface area contributed by atoms with Crippen LogP contribution in [0.5, 0.6) is 0 Å². The summed E-state index contributed by atoms with van der Waals surface area (Å²) in [5.74, 6) is -1.92. The molecule has 3 aliphatic rings. The first-order chi connectivity index (χ1) is 17.1. The number of piperidine rings is 1. The van der Waals surface area contributed by atoms with Gasteiger partial charge in [0.25, 0.3) is 11.8 Å². The van der Waals surface area contributed by atoms with Gasteiger partial charge in [-0.3, -0.25) is 24.6 Å². The number of alkyl halides is 3. The van der Waals surface area contributed by atoms with Crippen LogP contribution < -0.4 is 5.32 Å². The van der Waals surface area contributed by atoms with Crippen molar-refractivity contribution in [2.75, 3.05) is 19.6 Å². The smallest absolute Gasteiger partial charge is 0.299 e. The van der Waals surface area contributed by atoms with Gasteiger partial charge >= 0.3 is 12.2 Å². The minimum absolute atomic E-state index is 0.0200. The molecular weight excluding hydrogens is 477 g/mol. The summed E-state index contributed by atoms with van der Waals surface area (Å²) in [6.45, 7) is 1.58. The highest BCUT2D eigenvalue weighted by Crippen LogP contribution is 2.39. The van der Waals surface area contributed by atoms with Crippen LogP contribution in [-0.2, 0) is 17.5 Å². The van der Waals surface area contributed by atoms with Crippen LogP contribution >= 0.6 is 0 Å². The third kappa shape index (κ3) is 4.34. The molecule has 8 nitrogen and oxygen atoms in total. The molecule has 0 saturated carbocycles. The molecule has 3 heterocycles. The third-order valence-corrected chi connectivity index (χ3v) is 6.90. The van der Waals surface area contributed by atoms with Gasteiger partial charge in [-0.2, -0.15) is 18.2 Å². The van der Waals surface area contributed by atoms with Crippen LogP contribution in [0.15, 0.2) is 42.5 Å². The standard InChI is InChI=1S/C25H23F3N4O4/c26-25(27,28)20-4-2-1-3-17(20)16-7-10-30(11-8-16)14-15-5-6-18-19(13-15)23(35)32(22(18)34)31-12-9-21(33)29-24(31)36/h1-6,13,16H,7-12,14H2,(H,29,33,36). The van der Waals surface area contributed by atoms with Crippen LogP contribution in [0.25, 0.3) is 0 Å². The van der Waals surface area contributed by atoms with Crippen LogP contribution in [0, 0.1) is 0 Å². The molecule has 2 aromatic carbocycles. The Bertz CT molecular complexity index is 1250. The minimum Gasteiger partial charge on any atom is -0.299 e. The largest absolute Gasteiger partial charge is 0.416 e.